The molecule has 0 saturated heterocycles. The number of hydrogen-bond acceptors (Lipinski definition) is 3. The zero-order chi connectivity index (χ0) is 19.5. The lowest BCUT2D eigenvalue weighted by molar-refractivity contribution is -0.127. The lowest BCUT2D eigenvalue weighted by Crippen LogP contribution is -2.44. The van der Waals surface area contributed by atoms with E-state index in [1.807, 2.05) is 61.5 Å². The Bertz CT molecular complexity index is 734. The molecule has 2 aromatic rings. The summed E-state index contributed by atoms with van der Waals surface area (Å²) in [7, 11) is 3.46. The van der Waals surface area contributed by atoms with Crippen LogP contribution in [0.25, 0.3) is 0 Å². The smallest absolute Gasteiger partial charge is 0.241 e. The minimum Gasteiger partial charge on any atom is -0.492 e. The molecule has 2 aromatic carbocycles. The topological polar surface area (TPSA) is 66.0 Å². The Morgan fingerprint density at radius 2 is 1.71 bits per heavy atom. The number of aryl methyl sites for hydroxylation is 1. The first kappa shape index (κ1) is 23.7. The highest BCUT2D eigenvalue weighted by Crippen LogP contribution is 2.10. The van der Waals surface area contributed by atoms with Crippen molar-refractivity contribution < 1.29 is 9.53 Å². The Kier molecular flexibility index (Phi) is 11.0. The van der Waals surface area contributed by atoms with Gasteiger partial charge in [0.15, 0.2) is 5.96 Å². The predicted octanol–water partition coefficient (Wildman–Crippen LogP) is 2.82. The van der Waals surface area contributed by atoms with E-state index in [9.17, 15) is 4.79 Å². The number of ether oxygens (including phenoxy) is 1. The van der Waals surface area contributed by atoms with Crippen LogP contribution in [0.3, 0.4) is 0 Å². The van der Waals surface area contributed by atoms with Gasteiger partial charge in [0.25, 0.3) is 0 Å². The number of carbonyl (C=O) groups excluding carboxylic acids is 1. The molecule has 0 saturated carbocycles. The van der Waals surface area contributed by atoms with E-state index in [0.717, 1.165) is 11.3 Å². The fourth-order valence-electron chi connectivity index (χ4n) is 2.22. The highest BCUT2D eigenvalue weighted by molar-refractivity contribution is 14.0. The number of hydrogen-bond donors (Lipinski definition) is 2. The van der Waals surface area contributed by atoms with Crippen molar-refractivity contribution in [3.63, 3.8) is 0 Å². The van der Waals surface area contributed by atoms with Gasteiger partial charge in [0.2, 0.25) is 5.91 Å². The first-order valence-corrected chi connectivity index (χ1v) is 9.00. The molecule has 0 fully saturated rings. The van der Waals surface area contributed by atoms with Gasteiger partial charge < -0.3 is 20.3 Å². The molecule has 0 unspecified atom stereocenters. The molecule has 0 bridgehead atoms. The summed E-state index contributed by atoms with van der Waals surface area (Å²) < 4.78 is 5.72. The Morgan fingerprint density at radius 3 is 2.36 bits per heavy atom. The van der Waals surface area contributed by atoms with Crippen LogP contribution in [0.4, 0.5) is 0 Å². The predicted molar refractivity (Wildman–Crippen MR) is 124 cm³/mol. The van der Waals surface area contributed by atoms with Crippen molar-refractivity contribution in [2.75, 3.05) is 33.8 Å². The van der Waals surface area contributed by atoms with E-state index < -0.39 is 0 Å². The van der Waals surface area contributed by atoms with Crippen LogP contribution in [0.1, 0.15) is 11.1 Å². The van der Waals surface area contributed by atoms with E-state index in [2.05, 4.69) is 15.6 Å². The molecule has 0 aliphatic rings. The van der Waals surface area contributed by atoms with E-state index in [1.165, 1.54) is 5.56 Å². The van der Waals surface area contributed by atoms with Crippen molar-refractivity contribution in [3.05, 3.63) is 65.7 Å². The van der Waals surface area contributed by atoms with Crippen molar-refractivity contribution in [2.45, 2.75) is 13.5 Å². The maximum absolute atomic E-state index is 11.8. The van der Waals surface area contributed by atoms with Crippen molar-refractivity contribution in [3.8, 4) is 5.75 Å². The van der Waals surface area contributed by atoms with Crippen molar-refractivity contribution in [1.82, 2.24) is 15.5 Å². The van der Waals surface area contributed by atoms with E-state index >= 15 is 0 Å². The number of nitrogens with zero attached hydrogens (tertiary/aromatic N) is 2. The minimum absolute atomic E-state index is 0. The zero-order valence-electron chi connectivity index (χ0n) is 16.6. The summed E-state index contributed by atoms with van der Waals surface area (Å²) in [5.74, 6) is 1.41. The molecule has 7 heteroatoms. The summed E-state index contributed by atoms with van der Waals surface area (Å²) in [5.41, 5.74) is 2.30. The van der Waals surface area contributed by atoms with Crippen LogP contribution in [0, 0.1) is 6.92 Å². The summed E-state index contributed by atoms with van der Waals surface area (Å²) in [6, 6.07) is 17.9. The van der Waals surface area contributed by atoms with Gasteiger partial charge in [-0.2, -0.15) is 0 Å². The van der Waals surface area contributed by atoms with E-state index in [-0.39, 0.29) is 36.4 Å². The van der Waals surface area contributed by atoms with E-state index in [1.54, 1.807) is 19.0 Å². The van der Waals surface area contributed by atoms with Crippen molar-refractivity contribution >= 4 is 35.8 Å². The lowest BCUT2D eigenvalue weighted by Gasteiger charge is -2.15. The molecule has 152 valence electrons. The Hall–Kier alpha value is -2.29. The van der Waals surface area contributed by atoms with Gasteiger partial charge in [0, 0.05) is 14.1 Å². The number of guanidine groups is 1. The third-order valence-corrected chi connectivity index (χ3v) is 3.85. The first-order chi connectivity index (χ1) is 13.0. The largest absolute Gasteiger partial charge is 0.492 e. The van der Waals surface area contributed by atoms with Crippen LogP contribution in [0.15, 0.2) is 59.6 Å². The molecule has 0 aromatic heterocycles. The highest BCUT2D eigenvalue weighted by atomic mass is 127. The second-order valence-corrected chi connectivity index (χ2v) is 6.38. The summed E-state index contributed by atoms with van der Waals surface area (Å²) in [6.07, 6.45) is 0. The molecule has 0 aliphatic carbocycles. The van der Waals surface area contributed by atoms with Crippen LogP contribution in [0.5, 0.6) is 5.75 Å². The fraction of sp³-hybridized carbons (Fsp3) is 0.333. The molecule has 2 rings (SSSR count). The maximum atomic E-state index is 11.8. The number of amides is 1. The summed E-state index contributed by atoms with van der Waals surface area (Å²) in [4.78, 5) is 17.9. The van der Waals surface area contributed by atoms with Gasteiger partial charge in [0.05, 0.1) is 19.6 Å². The molecule has 2 N–H and O–H groups in total. The fourth-order valence-corrected chi connectivity index (χ4v) is 2.22. The molecule has 0 heterocycles. The number of benzene rings is 2. The molecule has 0 radical (unpaired) electrons. The normalized spacial score (nSPS) is 10.6. The van der Waals surface area contributed by atoms with E-state index in [4.69, 9.17) is 4.74 Å². The molecular weight excluding hydrogens is 467 g/mol. The molecule has 0 atom stereocenters. The SMILES string of the molecule is Cc1ccc(OCCNC(=NCc2ccccc2)NCC(=O)N(C)C)cc1.I. The average molecular weight is 496 g/mol. The standard InChI is InChI=1S/C21H28N4O2.HI/c1-17-9-11-19(12-10-17)27-14-13-22-21(24-16-20(26)25(2)3)23-15-18-7-5-4-6-8-18;/h4-12H,13-16H2,1-3H3,(H2,22,23,24);1H. The molecule has 6 nitrogen and oxygen atoms in total. The molecule has 1 amide bonds. The summed E-state index contributed by atoms with van der Waals surface area (Å²) in [5, 5.41) is 6.28. The van der Waals surface area contributed by atoms with Gasteiger partial charge in [-0.15, -0.1) is 24.0 Å². The quantitative estimate of drug-likeness (QED) is 0.256. The second kappa shape index (κ2) is 13.0. The lowest BCUT2D eigenvalue weighted by atomic mass is 10.2. The molecule has 0 aliphatic heterocycles. The first-order valence-electron chi connectivity index (χ1n) is 9.00. The van der Waals surface area contributed by atoms with Crippen LogP contribution in [-0.2, 0) is 11.3 Å². The van der Waals surface area contributed by atoms with Crippen molar-refractivity contribution in [2.24, 2.45) is 4.99 Å². The number of rotatable bonds is 8. The van der Waals surface area contributed by atoms with Crippen LogP contribution in [0.2, 0.25) is 0 Å². The number of likely N-dealkylation sites (N-methyl/N-ethyl adjacent to an activating group) is 1. The summed E-state index contributed by atoms with van der Waals surface area (Å²) >= 11 is 0. The molecular formula is C21H29IN4O2. The highest BCUT2D eigenvalue weighted by Gasteiger charge is 2.06. The van der Waals surface area contributed by atoms with Crippen molar-refractivity contribution in [1.29, 1.82) is 0 Å². The van der Waals surface area contributed by atoms with Gasteiger partial charge in [-0.3, -0.25) is 4.79 Å². The van der Waals surface area contributed by atoms with Gasteiger partial charge in [-0.1, -0.05) is 48.0 Å². The number of carbonyl (C=O) groups is 1. The van der Waals surface area contributed by atoms with Gasteiger partial charge >= 0.3 is 0 Å². The maximum Gasteiger partial charge on any atom is 0.241 e. The Morgan fingerprint density at radius 1 is 1.04 bits per heavy atom. The van der Waals surface area contributed by atoms with Gasteiger partial charge in [0.1, 0.15) is 12.4 Å². The zero-order valence-corrected chi connectivity index (χ0v) is 19.0. The Balaban J connectivity index is 0.00000392. The van der Waals surface area contributed by atoms with Crippen LogP contribution >= 0.6 is 24.0 Å². The monoisotopic (exact) mass is 496 g/mol. The summed E-state index contributed by atoms with van der Waals surface area (Å²) in [6.45, 7) is 3.83. The molecule has 0 spiro atoms. The third kappa shape index (κ3) is 9.07. The Labute approximate surface area is 184 Å². The molecule has 28 heavy (non-hydrogen) atoms. The second-order valence-electron chi connectivity index (χ2n) is 6.38. The van der Waals surface area contributed by atoms with Crippen LogP contribution in [-0.4, -0.2) is 50.6 Å². The van der Waals surface area contributed by atoms with E-state index in [0.29, 0.717) is 25.7 Å². The average Bonchev–Trinajstić information content (AvgIpc) is 2.68. The number of nitrogens with one attached hydrogen (secondary N) is 2. The minimum atomic E-state index is -0.0138. The van der Waals surface area contributed by atoms with Gasteiger partial charge in [-0.25, -0.2) is 4.99 Å². The number of halogens is 1. The van der Waals surface area contributed by atoms with Crippen LogP contribution < -0.4 is 15.4 Å². The number of aliphatic imine (C=N–C) groups is 1. The third-order valence-electron chi connectivity index (χ3n) is 3.85. The van der Waals surface area contributed by atoms with Gasteiger partial charge in [-0.05, 0) is 24.6 Å².